The third kappa shape index (κ3) is 13.4. The highest BCUT2D eigenvalue weighted by atomic mass is 16.3. The number of aliphatic hydroxyl groups excluding tert-OH is 1. The maximum absolute atomic E-state index is 9.65. The zero-order chi connectivity index (χ0) is 13.5. The molecular weight excluding hydrogens is 222 g/mol. The summed E-state index contributed by atoms with van der Waals surface area (Å²) in [5.74, 6) is 0.515. The molecule has 0 rings (SSSR count). The van der Waals surface area contributed by atoms with Gasteiger partial charge in [-0.3, -0.25) is 0 Å². The Morgan fingerprint density at radius 2 is 1.39 bits per heavy atom. The van der Waals surface area contributed by atoms with E-state index < -0.39 is 0 Å². The minimum absolute atomic E-state index is 0.515. The van der Waals surface area contributed by atoms with Gasteiger partial charge in [0, 0.05) is 19.2 Å². The normalized spacial score (nSPS) is 11.8. The number of allylic oxidation sites excluding steroid dienone is 1. The van der Waals surface area contributed by atoms with Gasteiger partial charge in [-0.15, -0.1) is 0 Å². The topological polar surface area (TPSA) is 32.3 Å². The summed E-state index contributed by atoms with van der Waals surface area (Å²) in [5.41, 5.74) is 0. The summed E-state index contributed by atoms with van der Waals surface area (Å²) in [6.07, 6.45) is 15.4. The second kappa shape index (κ2) is 14.4. The van der Waals surface area contributed by atoms with Crippen molar-refractivity contribution in [2.45, 2.75) is 84.5 Å². The Hall–Kier alpha value is -0.660. The van der Waals surface area contributed by atoms with E-state index in [1.54, 1.807) is 6.20 Å². The van der Waals surface area contributed by atoms with Crippen molar-refractivity contribution < 1.29 is 5.11 Å². The summed E-state index contributed by atoms with van der Waals surface area (Å²) < 4.78 is 0. The molecule has 0 aromatic carbocycles. The third-order valence-corrected chi connectivity index (χ3v) is 3.23. The molecule has 2 nitrogen and oxygen atoms in total. The summed E-state index contributed by atoms with van der Waals surface area (Å²) >= 11 is 0. The predicted molar refractivity (Wildman–Crippen MR) is 80.8 cm³/mol. The molecule has 2 N–H and O–H groups in total. The maximum atomic E-state index is 9.65. The molecule has 0 fully saturated rings. The molecule has 18 heavy (non-hydrogen) atoms. The average molecular weight is 255 g/mol. The van der Waals surface area contributed by atoms with Crippen LogP contribution < -0.4 is 5.32 Å². The van der Waals surface area contributed by atoms with Crippen LogP contribution in [0.15, 0.2) is 12.0 Å². The average Bonchev–Trinajstić information content (AvgIpc) is 2.38. The molecule has 0 saturated carbocycles. The van der Waals surface area contributed by atoms with Gasteiger partial charge in [-0.25, -0.2) is 0 Å². The second-order valence-electron chi connectivity index (χ2n) is 5.17. The van der Waals surface area contributed by atoms with E-state index in [1.165, 1.54) is 57.8 Å². The Balaban J connectivity index is 3.26. The van der Waals surface area contributed by atoms with Crippen LogP contribution in [0, 0.1) is 0 Å². The van der Waals surface area contributed by atoms with E-state index in [0.717, 1.165) is 19.4 Å². The number of rotatable bonds is 13. The smallest absolute Gasteiger partial charge is 0.108 e. The molecule has 0 saturated heterocycles. The van der Waals surface area contributed by atoms with Crippen LogP contribution in [0.4, 0.5) is 0 Å². The molecule has 0 aliphatic rings. The molecule has 0 aliphatic carbocycles. The molecule has 0 bridgehead atoms. The van der Waals surface area contributed by atoms with Gasteiger partial charge in [0.1, 0.15) is 5.76 Å². The minimum Gasteiger partial charge on any atom is -0.511 e. The van der Waals surface area contributed by atoms with E-state index in [-0.39, 0.29) is 0 Å². The molecule has 0 spiro atoms. The van der Waals surface area contributed by atoms with Gasteiger partial charge in [-0.05, 0) is 12.8 Å². The van der Waals surface area contributed by atoms with Crippen LogP contribution >= 0.6 is 0 Å². The van der Waals surface area contributed by atoms with Crippen LogP contribution in [-0.4, -0.2) is 11.7 Å². The summed E-state index contributed by atoms with van der Waals surface area (Å²) in [4.78, 5) is 0. The number of unbranched alkanes of at least 4 members (excludes halogenated alkanes) is 8. The number of hydrogen-bond donors (Lipinski definition) is 2. The predicted octanol–water partition coefficient (Wildman–Crippen LogP) is 5.31. The van der Waals surface area contributed by atoms with Crippen molar-refractivity contribution in [2.24, 2.45) is 0 Å². The molecule has 0 radical (unpaired) electrons. The summed E-state index contributed by atoms with van der Waals surface area (Å²) in [7, 11) is 0. The van der Waals surface area contributed by atoms with Crippen LogP contribution in [0.5, 0.6) is 0 Å². The second-order valence-corrected chi connectivity index (χ2v) is 5.17. The summed E-state index contributed by atoms with van der Waals surface area (Å²) in [5, 5.41) is 12.8. The van der Waals surface area contributed by atoms with Crippen LogP contribution in [0.2, 0.25) is 0 Å². The fraction of sp³-hybridized carbons (Fsp3) is 0.875. The lowest BCUT2D eigenvalue weighted by atomic mass is 10.1. The quantitative estimate of drug-likeness (QED) is 0.345. The van der Waals surface area contributed by atoms with Gasteiger partial charge in [-0.1, -0.05) is 65.2 Å². The first-order chi connectivity index (χ1) is 8.81. The van der Waals surface area contributed by atoms with Crippen molar-refractivity contribution in [2.75, 3.05) is 6.54 Å². The minimum atomic E-state index is 0.515. The molecule has 0 atom stereocenters. The van der Waals surface area contributed by atoms with E-state index in [0.29, 0.717) is 5.76 Å². The highest BCUT2D eigenvalue weighted by Crippen LogP contribution is 2.09. The van der Waals surface area contributed by atoms with Crippen molar-refractivity contribution in [1.29, 1.82) is 0 Å². The van der Waals surface area contributed by atoms with Gasteiger partial charge in [0.15, 0.2) is 0 Å². The lowest BCUT2D eigenvalue weighted by molar-refractivity contribution is 0.375. The first-order valence-electron chi connectivity index (χ1n) is 7.92. The molecule has 0 amide bonds. The molecule has 0 unspecified atom stereocenters. The fourth-order valence-corrected chi connectivity index (χ4v) is 2.00. The van der Waals surface area contributed by atoms with E-state index >= 15 is 0 Å². The monoisotopic (exact) mass is 255 g/mol. The van der Waals surface area contributed by atoms with Gasteiger partial charge < -0.3 is 10.4 Å². The Bertz CT molecular complexity index is 190. The Morgan fingerprint density at radius 1 is 0.833 bits per heavy atom. The van der Waals surface area contributed by atoms with Gasteiger partial charge in [0.2, 0.25) is 0 Å². The van der Waals surface area contributed by atoms with Gasteiger partial charge >= 0.3 is 0 Å². The number of aliphatic hydroxyl groups is 1. The molecule has 0 aromatic rings. The van der Waals surface area contributed by atoms with Crippen molar-refractivity contribution >= 4 is 0 Å². The maximum Gasteiger partial charge on any atom is 0.108 e. The largest absolute Gasteiger partial charge is 0.511 e. The van der Waals surface area contributed by atoms with Crippen LogP contribution in [0.25, 0.3) is 0 Å². The molecule has 0 aliphatic heterocycles. The van der Waals surface area contributed by atoms with Crippen LogP contribution in [0.1, 0.15) is 84.5 Å². The molecular formula is C16H33NO. The lowest BCUT2D eigenvalue weighted by Gasteiger charge is -2.03. The molecule has 2 heteroatoms. The Morgan fingerprint density at radius 3 is 2.06 bits per heavy atom. The highest BCUT2D eigenvalue weighted by molar-refractivity contribution is 4.88. The van der Waals surface area contributed by atoms with Crippen molar-refractivity contribution in [3.63, 3.8) is 0 Å². The zero-order valence-corrected chi connectivity index (χ0v) is 12.5. The molecule has 0 heterocycles. The van der Waals surface area contributed by atoms with E-state index in [1.807, 2.05) is 0 Å². The van der Waals surface area contributed by atoms with Crippen molar-refractivity contribution in [3.8, 4) is 0 Å². The zero-order valence-electron chi connectivity index (χ0n) is 12.5. The van der Waals surface area contributed by atoms with Crippen molar-refractivity contribution in [1.82, 2.24) is 5.32 Å². The van der Waals surface area contributed by atoms with Gasteiger partial charge in [0.05, 0.1) is 0 Å². The SMILES string of the molecule is CCCCCCCCC(O)=CNCCCCCC. The Labute approximate surface area is 114 Å². The lowest BCUT2D eigenvalue weighted by Crippen LogP contribution is -2.08. The molecule has 0 aromatic heterocycles. The van der Waals surface area contributed by atoms with E-state index in [4.69, 9.17) is 0 Å². The van der Waals surface area contributed by atoms with Crippen LogP contribution in [-0.2, 0) is 0 Å². The summed E-state index contributed by atoms with van der Waals surface area (Å²) in [6, 6.07) is 0. The first-order valence-corrected chi connectivity index (χ1v) is 7.92. The Kier molecular flexibility index (Phi) is 13.9. The summed E-state index contributed by atoms with van der Waals surface area (Å²) in [6.45, 7) is 5.45. The number of nitrogens with one attached hydrogen (secondary N) is 1. The molecule has 108 valence electrons. The van der Waals surface area contributed by atoms with Crippen LogP contribution in [0.3, 0.4) is 0 Å². The number of hydrogen-bond acceptors (Lipinski definition) is 2. The van der Waals surface area contributed by atoms with Gasteiger partial charge in [-0.2, -0.15) is 0 Å². The van der Waals surface area contributed by atoms with E-state index in [2.05, 4.69) is 19.2 Å². The third-order valence-electron chi connectivity index (χ3n) is 3.23. The first kappa shape index (κ1) is 17.3. The standard InChI is InChI=1S/C16H33NO/c1-3-5-7-9-10-11-13-16(18)15-17-14-12-8-6-4-2/h15,17-18H,3-14H2,1-2H3. The van der Waals surface area contributed by atoms with E-state index in [9.17, 15) is 5.11 Å². The fourth-order valence-electron chi connectivity index (χ4n) is 2.00. The van der Waals surface area contributed by atoms with Crippen molar-refractivity contribution in [3.05, 3.63) is 12.0 Å². The van der Waals surface area contributed by atoms with Gasteiger partial charge in [0.25, 0.3) is 0 Å². The highest BCUT2D eigenvalue weighted by Gasteiger charge is 1.94.